The van der Waals surface area contributed by atoms with Gasteiger partial charge >= 0.3 is 5.97 Å². The summed E-state index contributed by atoms with van der Waals surface area (Å²) in [7, 11) is 1.45. The largest absolute Gasteiger partial charge is 0.481 e. The zero-order valence-corrected chi connectivity index (χ0v) is 15.1. The molecule has 3 rings (SSSR count). The number of carboxylic acids is 1. The Morgan fingerprint density at radius 2 is 1.92 bits per heavy atom. The summed E-state index contributed by atoms with van der Waals surface area (Å²) in [6.07, 6.45) is 0. The maximum atomic E-state index is 12.4. The van der Waals surface area contributed by atoms with Crippen LogP contribution in [0.4, 0.5) is 5.00 Å². The molecule has 2 N–H and O–H groups in total. The van der Waals surface area contributed by atoms with Gasteiger partial charge in [0.2, 0.25) is 5.88 Å². The zero-order chi connectivity index (χ0) is 18.7. The number of anilines is 1. The van der Waals surface area contributed by atoms with Crippen LogP contribution in [0.15, 0.2) is 47.8 Å². The van der Waals surface area contributed by atoms with Crippen molar-refractivity contribution in [1.29, 1.82) is 0 Å². The van der Waals surface area contributed by atoms with Crippen molar-refractivity contribution in [3.8, 4) is 17.0 Å². The van der Waals surface area contributed by atoms with Crippen molar-refractivity contribution in [3.05, 3.63) is 64.1 Å². The molecule has 6 nitrogen and oxygen atoms in total. The summed E-state index contributed by atoms with van der Waals surface area (Å²) in [4.78, 5) is 28.2. The number of benzene rings is 1. The van der Waals surface area contributed by atoms with Crippen LogP contribution in [0.5, 0.6) is 5.88 Å². The number of halogens is 1. The third-order valence-electron chi connectivity index (χ3n) is 3.55. The van der Waals surface area contributed by atoms with E-state index in [0.29, 0.717) is 22.0 Å². The predicted molar refractivity (Wildman–Crippen MR) is 100 cm³/mol. The molecule has 0 unspecified atom stereocenters. The first-order valence-corrected chi connectivity index (χ1v) is 8.68. The normalized spacial score (nSPS) is 10.4. The number of hydrogen-bond donors (Lipinski definition) is 2. The lowest BCUT2D eigenvalue weighted by atomic mass is 10.0. The molecule has 8 heteroatoms. The van der Waals surface area contributed by atoms with E-state index < -0.39 is 11.9 Å². The summed E-state index contributed by atoms with van der Waals surface area (Å²) in [6, 6.07) is 11.6. The maximum Gasteiger partial charge on any atom is 0.339 e. The minimum atomic E-state index is -1.13. The number of methoxy groups -OCH3 is 1. The van der Waals surface area contributed by atoms with Crippen LogP contribution in [0.2, 0.25) is 5.02 Å². The van der Waals surface area contributed by atoms with Crippen LogP contribution < -0.4 is 10.1 Å². The molecule has 1 aromatic carbocycles. The van der Waals surface area contributed by atoms with Crippen LogP contribution in [-0.4, -0.2) is 29.1 Å². The van der Waals surface area contributed by atoms with Gasteiger partial charge in [0.05, 0.1) is 7.11 Å². The van der Waals surface area contributed by atoms with E-state index in [1.807, 2.05) is 0 Å². The third-order valence-corrected chi connectivity index (χ3v) is 4.70. The van der Waals surface area contributed by atoms with Crippen LogP contribution in [-0.2, 0) is 0 Å². The SMILES string of the molecule is COc1cccc(C(=O)Nc2scc(-c3ccc(Cl)cc3)c2C(=O)O)n1. The first-order valence-electron chi connectivity index (χ1n) is 7.42. The van der Waals surface area contributed by atoms with E-state index in [1.165, 1.54) is 13.2 Å². The molecular weight excluding hydrogens is 376 g/mol. The molecular formula is C18H13ClN2O4S. The molecule has 0 fully saturated rings. The lowest BCUT2D eigenvalue weighted by molar-refractivity contribution is 0.0699. The van der Waals surface area contributed by atoms with E-state index in [-0.39, 0.29) is 16.3 Å². The molecule has 26 heavy (non-hydrogen) atoms. The molecule has 0 saturated heterocycles. The highest BCUT2D eigenvalue weighted by molar-refractivity contribution is 7.15. The summed E-state index contributed by atoms with van der Waals surface area (Å²) in [5.41, 5.74) is 1.35. The van der Waals surface area contributed by atoms with Gasteiger partial charge in [0.15, 0.2) is 0 Å². The molecule has 0 atom stereocenters. The summed E-state index contributed by atoms with van der Waals surface area (Å²) in [5, 5.41) is 14.7. The number of pyridine rings is 1. The molecule has 0 spiro atoms. The Morgan fingerprint density at radius 1 is 1.19 bits per heavy atom. The highest BCUT2D eigenvalue weighted by Crippen LogP contribution is 2.36. The van der Waals surface area contributed by atoms with E-state index in [9.17, 15) is 14.7 Å². The number of rotatable bonds is 5. The Hall–Kier alpha value is -2.90. The van der Waals surface area contributed by atoms with Crippen molar-refractivity contribution >= 4 is 39.8 Å². The van der Waals surface area contributed by atoms with Crippen molar-refractivity contribution in [1.82, 2.24) is 4.98 Å². The Balaban J connectivity index is 1.94. The van der Waals surface area contributed by atoms with Gasteiger partial charge in [0.1, 0.15) is 16.3 Å². The van der Waals surface area contributed by atoms with Crippen LogP contribution >= 0.6 is 22.9 Å². The van der Waals surface area contributed by atoms with E-state index in [0.717, 1.165) is 11.3 Å². The number of amides is 1. The minimum Gasteiger partial charge on any atom is -0.481 e. The maximum absolute atomic E-state index is 12.4. The fourth-order valence-electron chi connectivity index (χ4n) is 2.33. The molecule has 3 aromatic rings. The monoisotopic (exact) mass is 388 g/mol. The highest BCUT2D eigenvalue weighted by Gasteiger charge is 2.22. The van der Waals surface area contributed by atoms with E-state index in [4.69, 9.17) is 16.3 Å². The molecule has 0 radical (unpaired) electrons. The molecule has 0 aliphatic heterocycles. The van der Waals surface area contributed by atoms with Crippen molar-refractivity contribution in [2.75, 3.05) is 12.4 Å². The number of carbonyl (C=O) groups is 2. The van der Waals surface area contributed by atoms with Gasteiger partial charge in [0, 0.05) is 22.0 Å². The molecule has 0 aliphatic carbocycles. The number of hydrogen-bond acceptors (Lipinski definition) is 5. The lowest BCUT2D eigenvalue weighted by Crippen LogP contribution is -2.15. The molecule has 0 aliphatic rings. The van der Waals surface area contributed by atoms with Crippen LogP contribution in [0, 0.1) is 0 Å². The number of carbonyl (C=O) groups excluding carboxylic acids is 1. The number of nitrogens with one attached hydrogen (secondary N) is 1. The first-order chi connectivity index (χ1) is 12.5. The Morgan fingerprint density at radius 3 is 2.58 bits per heavy atom. The Labute approximate surface area is 158 Å². The van der Waals surface area contributed by atoms with Gasteiger partial charge in [-0.3, -0.25) is 4.79 Å². The summed E-state index contributed by atoms with van der Waals surface area (Å²) >= 11 is 7.01. The third kappa shape index (κ3) is 3.68. The number of aromatic carboxylic acids is 1. The summed E-state index contributed by atoms with van der Waals surface area (Å²) < 4.78 is 5.00. The number of aromatic nitrogens is 1. The zero-order valence-electron chi connectivity index (χ0n) is 13.5. The van der Waals surface area contributed by atoms with Crippen LogP contribution in [0.3, 0.4) is 0 Å². The number of carboxylic acid groups (broad SMARTS) is 1. The van der Waals surface area contributed by atoms with Gasteiger partial charge < -0.3 is 15.2 Å². The van der Waals surface area contributed by atoms with Gasteiger partial charge in [0.25, 0.3) is 5.91 Å². The Bertz CT molecular complexity index is 970. The average molecular weight is 389 g/mol. The van der Waals surface area contributed by atoms with Crippen molar-refractivity contribution in [3.63, 3.8) is 0 Å². The number of ether oxygens (including phenoxy) is 1. The first kappa shape index (κ1) is 17.9. The summed E-state index contributed by atoms with van der Waals surface area (Å²) in [5.74, 6) is -1.36. The van der Waals surface area contributed by atoms with E-state index >= 15 is 0 Å². The van der Waals surface area contributed by atoms with Crippen molar-refractivity contribution in [2.45, 2.75) is 0 Å². The van der Waals surface area contributed by atoms with Gasteiger partial charge in [-0.2, -0.15) is 0 Å². The standard InChI is InChI=1S/C18H13ClN2O4S/c1-25-14-4-2-3-13(20-14)16(22)21-17-15(18(23)24)12(9-26-17)10-5-7-11(19)8-6-10/h2-9H,1H3,(H,21,22)(H,23,24). The molecule has 0 saturated carbocycles. The van der Waals surface area contributed by atoms with Crippen molar-refractivity contribution < 1.29 is 19.4 Å². The molecule has 2 heterocycles. The highest BCUT2D eigenvalue weighted by atomic mass is 35.5. The smallest absolute Gasteiger partial charge is 0.339 e. The fraction of sp³-hybridized carbons (Fsp3) is 0.0556. The van der Waals surface area contributed by atoms with E-state index in [1.54, 1.807) is 41.8 Å². The molecule has 132 valence electrons. The van der Waals surface area contributed by atoms with Crippen LogP contribution in [0.1, 0.15) is 20.8 Å². The second kappa shape index (κ2) is 7.55. The van der Waals surface area contributed by atoms with Gasteiger partial charge in [-0.1, -0.05) is 29.8 Å². The summed E-state index contributed by atoms with van der Waals surface area (Å²) in [6.45, 7) is 0. The molecule has 2 aromatic heterocycles. The van der Waals surface area contributed by atoms with Gasteiger partial charge in [-0.25, -0.2) is 9.78 Å². The molecule has 1 amide bonds. The second-order valence-corrected chi connectivity index (χ2v) is 6.50. The molecule has 0 bridgehead atoms. The van der Waals surface area contributed by atoms with Crippen molar-refractivity contribution in [2.24, 2.45) is 0 Å². The topological polar surface area (TPSA) is 88.5 Å². The van der Waals surface area contributed by atoms with E-state index in [2.05, 4.69) is 10.3 Å². The van der Waals surface area contributed by atoms with Gasteiger partial charge in [-0.05, 0) is 23.8 Å². The Kier molecular flexibility index (Phi) is 5.20. The van der Waals surface area contributed by atoms with Gasteiger partial charge in [-0.15, -0.1) is 11.3 Å². The van der Waals surface area contributed by atoms with Crippen LogP contribution in [0.25, 0.3) is 11.1 Å². The number of thiophene rings is 1. The predicted octanol–water partition coefficient (Wildman–Crippen LogP) is 4.42. The average Bonchev–Trinajstić information content (AvgIpc) is 3.06. The quantitative estimate of drug-likeness (QED) is 0.675. The minimum absolute atomic E-state index is 0.0218. The fourth-order valence-corrected chi connectivity index (χ4v) is 3.41. The number of nitrogens with zero attached hydrogens (tertiary/aromatic N) is 1. The second-order valence-electron chi connectivity index (χ2n) is 5.18. The lowest BCUT2D eigenvalue weighted by Gasteiger charge is -2.07.